The van der Waals surface area contributed by atoms with Crippen LogP contribution in [0.1, 0.15) is 40.7 Å². The van der Waals surface area contributed by atoms with Crippen LogP contribution in [-0.2, 0) is 4.79 Å². The van der Waals surface area contributed by atoms with Gasteiger partial charge in [0.05, 0.1) is 12.6 Å². The van der Waals surface area contributed by atoms with Crippen molar-refractivity contribution in [2.45, 2.75) is 31.2 Å². The van der Waals surface area contributed by atoms with Gasteiger partial charge in [-0.3, -0.25) is 14.6 Å². The van der Waals surface area contributed by atoms with E-state index in [9.17, 15) is 18.4 Å². The van der Waals surface area contributed by atoms with Crippen LogP contribution < -0.4 is 0 Å². The lowest BCUT2D eigenvalue weighted by atomic mass is 10.0. The monoisotopic (exact) mass is 429 g/mol. The number of ketones is 1. The summed E-state index contributed by atoms with van der Waals surface area (Å²) in [6, 6.07) is 9.27. The first-order valence-electron chi connectivity index (χ1n) is 9.27. The van der Waals surface area contributed by atoms with Crippen LogP contribution in [0.2, 0.25) is 5.02 Å². The summed E-state index contributed by atoms with van der Waals surface area (Å²) < 4.78 is 27.0. The Bertz CT molecular complexity index is 1020. The van der Waals surface area contributed by atoms with Crippen molar-refractivity contribution in [3.05, 3.63) is 64.4 Å². The number of pyridine rings is 1. The van der Waals surface area contributed by atoms with E-state index in [4.69, 9.17) is 16.9 Å². The van der Waals surface area contributed by atoms with Crippen molar-refractivity contribution in [2.24, 2.45) is 0 Å². The molecule has 0 bridgehead atoms. The fraction of sp³-hybridized carbons (Fsp3) is 0.273. The zero-order valence-corrected chi connectivity index (χ0v) is 16.6. The van der Waals surface area contributed by atoms with E-state index in [1.54, 1.807) is 36.4 Å². The first kappa shape index (κ1) is 21.6. The zero-order chi connectivity index (χ0) is 21.7. The van der Waals surface area contributed by atoms with Gasteiger partial charge in [0.15, 0.2) is 5.78 Å². The van der Waals surface area contributed by atoms with Crippen molar-refractivity contribution in [3.8, 4) is 6.07 Å². The van der Waals surface area contributed by atoms with Crippen LogP contribution in [0.15, 0.2) is 42.7 Å². The van der Waals surface area contributed by atoms with Crippen molar-refractivity contribution in [3.63, 3.8) is 0 Å². The van der Waals surface area contributed by atoms with Gasteiger partial charge in [-0.25, -0.2) is 8.78 Å². The summed E-state index contributed by atoms with van der Waals surface area (Å²) >= 11 is 5.87. The van der Waals surface area contributed by atoms with Crippen LogP contribution in [-0.4, -0.2) is 40.1 Å². The Balaban J connectivity index is 1.67. The van der Waals surface area contributed by atoms with Crippen molar-refractivity contribution in [2.75, 3.05) is 6.54 Å². The molecule has 1 aliphatic rings. The number of benzene rings is 1. The normalized spacial score (nSPS) is 17.8. The summed E-state index contributed by atoms with van der Waals surface area (Å²) in [6.45, 7) is -0.789. The van der Waals surface area contributed by atoms with E-state index in [-0.39, 0.29) is 18.6 Å². The summed E-state index contributed by atoms with van der Waals surface area (Å²) in [5.74, 6) is -4.01. The van der Waals surface area contributed by atoms with Crippen molar-refractivity contribution >= 4 is 35.4 Å². The van der Waals surface area contributed by atoms with Crippen molar-refractivity contribution < 1.29 is 18.4 Å². The molecule has 0 spiro atoms. The Morgan fingerprint density at radius 3 is 2.67 bits per heavy atom. The number of Topliss-reactive ketones (excluding diaryl/α,β-unsaturated/α-hetero) is 1. The summed E-state index contributed by atoms with van der Waals surface area (Å²) in [7, 11) is 0. The Morgan fingerprint density at radius 1 is 1.23 bits per heavy atom. The fourth-order valence-electron chi connectivity index (χ4n) is 3.25. The predicted molar refractivity (Wildman–Crippen MR) is 109 cm³/mol. The first-order chi connectivity index (χ1) is 14.3. The summed E-state index contributed by atoms with van der Waals surface area (Å²) in [5, 5.41) is 9.63. The third-order valence-electron chi connectivity index (χ3n) is 4.78. The smallest absolute Gasteiger partial charge is 0.268 e. The number of amides is 1. The Morgan fingerprint density at radius 2 is 1.97 bits per heavy atom. The predicted octanol–water partition coefficient (Wildman–Crippen LogP) is 4.63. The molecule has 1 aliphatic heterocycles. The third-order valence-corrected chi connectivity index (χ3v) is 5.03. The number of hydrogen-bond donors (Lipinski definition) is 0. The minimum absolute atomic E-state index is 0.148. The molecule has 5 nitrogen and oxygen atoms in total. The summed E-state index contributed by atoms with van der Waals surface area (Å²) in [5.41, 5.74) is 1.84. The fourth-order valence-corrected chi connectivity index (χ4v) is 3.37. The van der Waals surface area contributed by atoms with Crippen molar-refractivity contribution in [1.82, 2.24) is 9.88 Å². The SMILES string of the molecule is N#C[C@@H]1CC(F)(F)CN1C(=O)CCC(=O)c1ccncc1/C=C/c1ccc(Cl)cc1. The lowest BCUT2D eigenvalue weighted by molar-refractivity contribution is -0.132. The number of carbonyl (C=O) groups is 2. The molecule has 1 amide bonds. The molecule has 3 rings (SSSR count). The van der Waals surface area contributed by atoms with Gasteiger partial charge < -0.3 is 4.90 Å². The number of alkyl halides is 2. The first-order valence-corrected chi connectivity index (χ1v) is 9.65. The van der Waals surface area contributed by atoms with E-state index in [1.165, 1.54) is 12.4 Å². The second kappa shape index (κ2) is 9.14. The molecule has 0 saturated carbocycles. The largest absolute Gasteiger partial charge is 0.320 e. The van der Waals surface area contributed by atoms with E-state index in [0.29, 0.717) is 16.1 Å². The summed E-state index contributed by atoms with van der Waals surface area (Å²) in [4.78, 5) is 29.9. The maximum atomic E-state index is 13.5. The number of halogens is 3. The van der Waals surface area contributed by atoms with Gasteiger partial charge in [0.25, 0.3) is 5.92 Å². The maximum Gasteiger partial charge on any atom is 0.268 e. The van der Waals surface area contributed by atoms with E-state index < -0.39 is 30.8 Å². The van der Waals surface area contributed by atoms with E-state index in [1.807, 2.05) is 12.1 Å². The van der Waals surface area contributed by atoms with Gasteiger partial charge in [0.1, 0.15) is 6.04 Å². The van der Waals surface area contributed by atoms with E-state index in [0.717, 1.165) is 10.5 Å². The highest BCUT2D eigenvalue weighted by atomic mass is 35.5. The number of likely N-dealkylation sites (tertiary alicyclic amines) is 1. The average molecular weight is 430 g/mol. The molecule has 30 heavy (non-hydrogen) atoms. The highest BCUT2D eigenvalue weighted by molar-refractivity contribution is 6.30. The lowest BCUT2D eigenvalue weighted by Crippen LogP contribution is -2.36. The molecule has 0 radical (unpaired) electrons. The zero-order valence-electron chi connectivity index (χ0n) is 15.9. The number of nitrogens with zero attached hydrogens (tertiary/aromatic N) is 3. The van der Waals surface area contributed by atoms with Crippen LogP contribution in [0, 0.1) is 11.3 Å². The lowest BCUT2D eigenvalue weighted by Gasteiger charge is -2.18. The average Bonchev–Trinajstić information content (AvgIpc) is 3.06. The molecular formula is C22H18ClF2N3O2. The standard InChI is InChI=1S/C22H18ClF2N3O2/c23-17-5-2-15(3-6-17)1-4-16-13-27-10-9-19(16)20(29)7-8-21(30)28-14-22(24,25)11-18(28)12-26/h1-6,9-10,13,18H,7-8,11,14H2/b4-1+/t18-/m0/s1. The Hall–Kier alpha value is -3.11. The quantitative estimate of drug-likeness (QED) is 0.627. The molecule has 0 N–H and O–H groups in total. The Labute approximate surface area is 177 Å². The molecule has 1 aromatic heterocycles. The highest BCUT2D eigenvalue weighted by Gasteiger charge is 2.47. The van der Waals surface area contributed by atoms with Crippen LogP contribution in [0.25, 0.3) is 12.2 Å². The van der Waals surface area contributed by atoms with Gasteiger partial charge >= 0.3 is 0 Å². The molecule has 1 saturated heterocycles. The molecule has 0 unspecified atom stereocenters. The third kappa shape index (κ3) is 5.28. The molecular weight excluding hydrogens is 412 g/mol. The van der Waals surface area contributed by atoms with Gasteiger partial charge in [-0.1, -0.05) is 35.9 Å². The number of nitriles is 1. The minimum Gasteiger partial charge on any atom is -0.320 e. The minimum atomic E-state index is -3.08. The van der Waals surface area contributed by atoms with Gasteiger partial charge in [-0.05, 0) is 23.8 Å². The van der Waals surface area contributed by atoms with Crippen molar-refractivity contribution in [1.29, 1.82) is 5.26 Å². The topological polar surface area (TPSA) is 74.1 Å². The Kier molecular flexibility index (Phi) is 6.58. The van der Waals surface area contributed by atoms with Crippen LogP contribution in [0.5, 0.6) is 0 Å². The number of carbonyl (C=O) groups excluding carboxylic acids is 2. The molecule has 2 heterocycles. The maximum absolute atomic E-state index is 13.5. The van der Waals surface area contributed by atoms with Gasteiger partial charge in [-0.15, -0.1) is 0 Å². The molecule has 0 aliphatic carbocycles. The highest BCUT2D eigenvalue weighted by Crippen LogP contribution is 2.32. The van der Waals surface area contributed by atoms with Gasteiger partial charge in [0.2, 0.25) is 5.91 Å². The van der Waals surface area contributed by atoms with Crippen LogP contribution in [0.4, 0.5) is 8.78 Å². The van der Waals surface area contributed by atoms with Gasteiger partial charge in [0, 0.05) is 47.8 Å². The van der Waals surface area contributed by atoms with Crippen LogP contribution in [0.3, 0.4) is 0 Å². The molecule has 154 valence electrons. The number of rotatable bonds is 6. The molecule has 2 aromatic rings. The van der Waals surface area contributed by atoms with E-state index in [2.05, 4.69) is 4.98 Å². The molecule has 1 aromatic carbocycles. The molecule has 8 heteroatoms. The second-order valence-electron chi connectivity index (χ2n) is 7.00. The second-order valence-corrected chi connectivity index (χ2v) is 7.43. The molecule has 1 fully saturated rings. The molecule has 1 atom stereocenters. The number of aromatic nitrogens is 1. The summed E-state index contributed by atoms with van der Waals surface area (Å²) in [6.07, 6.45) is 5.49. The number of hydrogen-bond acceptors (Lipinski definition) is 4. The van der Waals surface area contributed by atoms with E-state index >= 15 is 0 Å². The van der Waals surface area contributed by atoms with Crippen LogP contribution >= 0.6 is 11.6 Å². The van der Waals surface area contributed by atoms with Gasteiger partial charge in [-0.2, -0.15) is 5.26 Å².